The molecule has 7 nitrogen and oxygen atoms in total. The van der Waals surface area contributed by atoms with Gasteiger partial charge < -0.3 is 9.32 Å². The molecule has 3 aromatic rings. The van der Waals surface area contributed by atoms with Gasteiger partial charge in [0.25, 0.3) is 5.91 Å². The Morgan fingerprint density at radius 1 is 1.46 bits per heavy atom. The monoisotopic (exact) mass is 343 g/mol. The van der Waals surface area contributed by atoms with E-state index in [9.17, 15) is 4.79 Å². The zero-order valence-corrected chi connectivity index (χ0v) is 14.0. The van der Waals surface area contributed by atoms with Crippen molar-refractivity contribution in [3.63, 3.8) is 0 Å². The van der Waals surface area contributed by atoms with Crippen molar-refractivity contribution in [1.82, 2.24) is 25.3 Å². The molecule has 4 heterocycles. The van der Waals surface area contributed by atoms with E-state index < -0.39 is 0 Å². The largest absolute Gasteiger partial charge is 0.463 e. The number of carbonyl (C=O) groups is 1. The van der Waals surface area contributed by atoms with E-state index in [2.05, 4.69) is 20.4 Å². The summed E-state index contributed by atoms with van der Waals surface area (Å²) in [4.78, 5) is 14.6. The summed E-state index contributed by atoms with van der Waals surface area (Å²) >= 11 is 1.61. The van der Waals surface area contributed by atoms with Crippen LogP contribution in [0.4, 0.5) is 0 Å². The Balaban J connectivity index is 1.50. The van der Waals surface area contributed by atoms with Crippen LogP contribution in [0.25, 0.3) is 11.5 Å². The summed E-state index contributed by atoms with van der Waals surface area (Å²) in [5.74, 6) is 0.870. The van der Waals surface area contributed by atoms with Crippen LogP contribution in [0.3, 0.4) is 0 Å². The first-order chi connectivity index (χ1) is 11.7. The van der Waals surface area contributed by atoms with Crippen LogP contribution in [0.2, 0.25) is 0 Å². The lowest BCUT2D eigenvalue weighted by molar-refractivity contribution is 0.0701. The number of H-pyrrole nitrogens is 1. The number of furan rings is 1. The molecule has 1 amide bonds. The van der Waals surface area contributed by atoms with E-state index in [4.69, 9.17) is 4.42 Å². The van der Waals surface area contributed by atoms with Crippen molar-refractivity contribution >= 4 is 17.2 Å². The van der Waals surface area contributed by atoms with Crippen LogP contribution in [0.5, 0.6) is 0 Å². The first-order valence-electron chi connectivity index (χ1n) is 7.89. The van der Waals surface area contributed by atoms with Crippen molar-refractivity contribution in [2.75, 3.05) is 13.1 Å². The van der Waals surface area contributed by atoms with Crippen LogP contribution in [-0.2, 0) is 0 Å². The van der Waals surface area contributed by atoms with Crippen LogP contribution >= 0.6 is 11.3 Å². The third kappa shape index (κ3) is 2.84. The van der Waals surface area contributed by atoms with Gasteiger partial charge in [0.2, 0.25) is 0 Å². The highest BCUT2D eigenvalue weighted by atomic mass is 32.1. The summed E-state index contributed by atoms with van der Waals surface area (Å²) < 4.78 is 5.33. The highest BCUT2D eigenvalue weighted by molar-refractivity contribution is 7.11. The molecule has 8 heteroatoms. The lowest BCUT2D eigenvalue weighted by Gasteiger charge is -2.31. The minimum Gasteiger partial charge on any atom is -0.463 e. The molecule has 124 valence electrons. The fourth-order valence-corrected chi connectivity index (χ4v) is 3.82. The minimum atomic E-state index is -0.0602. The van der Waals surface area contributed by atoms with E-state index in [0.29, 0.717) is 23.7 Å². The van der Waals surface area contributed by atoms with Gasteiger partial charge >= 0.3 is 0 Å². The molecule has 1 aliphatic heterocycles. The van der Waals surface area contributed by atoms with Crippen LogP contribution in [-0.4, -0.2) is 44.3 Å². The third-order valence-corrected chi connectivity index (χ3v) is 5.18. The summed E-state index contributed by atoms with van der Waals surface area (Å²) in [5.41, 5.74) is 1.12. The Morgan fingerprint density at radius 2 is 2.38 bits per heavy atom. The molecule has 1 N–H and O–H groups in total. The van der Waals surface area contributed by atoms with E-state index in [1.165, 1.54) is 0 Å². The highest BCUT2D eigenvalue weighted by Crippen LogP contribution is 2.29. The normalized spacial score (nSPS) is 18.0. The molecule has 0 aromatic carbocycles. The number of aryl methyl sites for hydroxylation is 1. The maximum absolute atomic E-state index is 12.7. The summed E-state index contributed by atoms with van der Waals surface area (Å²) in [6.45, 7) is 3.36. The predicted octanol–water partition coefficient (Wildman–Crippen LogP) is 2.85. The van der Waals surface area contributed by atoms with E-state index in [1.54, 1.807) is 29.7 Å². The van der Waals surface area contributed by atoms with Crippen LogP contribution < -0.4 is 0 Å². The van der Waals surface area contributed by atoms with E-state index >= 15 is 0 Å². The standard InChI is InChI=1S/C16H17N5O2S/c1-10-17-20-15(24-10)11-4-2-6-21(9-11)16(22)13-8-12(18-19-13)14-5-3-7-23-14/h3,5,7-8,11H,2,4,6,9H2,1H3,(H,18,19)/t11-/m1/s1. The Kier molecular flexibility index (Phi) is 3.89. The van der Waals surface area contributed by atoms with Gasteiger partial charge in [0.15, 0.2) is 11.5 Å². The summed E-state index contributed by atoms with van der Waals surface area (Å²) in [6.07, 6.45) is 3.60. The quantitative estimate of drug-likeness (QED) is 0.790. The third-order valence-electron chi connectivity index (χ3n) is 4.18. The summed E-state index contributed by atoms with van der Waals surface area (Å²) in [7, 11) is 0. The minimum absolute atomic E-state index is 0.0602. The van der Waals surface area contributed by atoms with Crippen LogP contribution in [0.1, 0.15) is 39.3 Å². The number of hydrogen-bond acceptors (Lipinski definition) is 6. The first kappa shape index (κ1) is 15.1. The molecule has 0 bridgehead atoms. The molecule has 0 saturated carbocycles. The van der Waals surface area contributed by atoms with Gasteiger partial charge in [0.05, 0.1) is 6.26 Å². The van der Waals surface area contributed by atoms with Crippen molar-refractivity contribution in [3.05, 3.63) is 40.2 Å². The number of likely N-dealkylation sites (tertiary alicyclic amines) is 1. The topological polar surface area (TPSA) is 87.9 Å². The second kappa shape index (κ2) is 6.20. The number of amides is 1. The molecule has 0 spiro atoms. The van der Waals surface area contributed by atoms with E-state index in [1.807, 2.05) is 17.9 Å². The van der Waals surface area contributed by atoms with Crippen molar-refractivity contribution in [2.45, 2.75) is 25.7 Å². The number of nitrogens with zero attached hydrogens (tertiary/aromatic N) is 4. The maximum Gasteiger partial charge on any atom is 0.274 e. The first-order valence-corrected chi connectivity index (χ1v) is 8.71. The fourth-order valence-electron chi connectivity index (χ4n) is 2.99. The van der Waals surface area contributed by atoms with Crippen molar-refractivity contribution in [1.29, 1.82) is 0 Å². The Hall–Kier alpha value is -2.48. The Labute approximate surface area is 142 Å². The number of carbonyl (C=O) groups excluding carboxylic acids is 1. The maximum atomic E-state index is 12.7. The van der Waals surface area contributed by atoms with Crippen molar-refractivity contribution in [2.24, 2.45) is 0 Å². The van der Waals surface area contributed by atoms with Gasteiger partial charge in [-0.3, -0.25) is 9.89 Å². The lowest BCUT2D eigenvalue weighted by Crippen LogP contribution is -2.39. The second-order valence-electron chi connectivity index (χ2n) is 5.89. The van der Waals surface area contributed by atoms with Crippen LogP contribution in [0.15, 0.2) is 28.9 Å². The molecule has 0 radical (unpaired) electrons. The molecule has 1 aliphatic rings. The molecule has 24 heavy (non-hydrogen) atoms. The molecule has 0 aliphatic carbocycles. The molecule has 1 saturated heterocycles. The van der Waals surface area contributed by atoms with Gasteiger partial charge in [-0.05, 0) is 31.9 Å². The van der Waals surface area contributed by atoms with Gasteiger partial charge in [-0.2, -0.15) is 5.10 Å². The van der Waals surface area contributed by atoms with Gasteiger partial charge in [0.1, 0.15) is 15.7 Å². The number of nitrogens with one attached hydrogen (secondary N) is 1. The van der Waals surface area contributed by atoms with E-state index in [-0.39, 0.29) is 11.8 Å². The predicted molar refractivity (Wildman–Crippen MR) is 88.8 cm³/mol. The summed E-state index contributed by atoms with van der Waals surface area (Å²) in [6, 6.07) is 5.37. The zero-order valence-electron chi connectivity index (χ0n) is 13.2. The number of aromatic amines is 1. The number of hydrogen-bond donors (Lipinski definition) is 1. The number of rotatable bonds is 3. The molecule has 0 unspecified atom stereocenters. The van der Waals surface area contributed by atoms with Crippen molar-refractivity contribution in [3.8, 4) is 11.5 Å². The smallest absolute Gasteiger partial charge is 0.274 e. The molecular formula is C16H17N5O2S. The SMILES string of the molecule is Cc1nnc([C@@H]2CCCN(C(=O)c3cc(-c4ccco4)[nH]n3)C2)s1. The average Bonchev–Trinajstić information content (AvgIpc) is 3.34. The van der Waals surface area contributed by atoms with Gasteiger partial charge in [-0.25, -0.2) is 0 Å². The van der Waals surface area contributed by atoms with Gasteiger partial charge in [-0.1, -0.05) is 0 Å². The molecule has 4 rings (SSSR count). The summed E-state index contributed by atoms with van der Waals surface area (Å²) in [5, 5.41) is 17.3. The lowest BCUT2D eigenvalue weighted by atomic mass is 9.98. The number of aromatic nitrogens is 4. The van der Waals surface area contributed by atoms with Crippen molar-refractivity contribution < 1.29 is 9.21 Å². The molecule has 1 atom stereocenters. The average molecular weight is 343 g/mol. The Morgan fingerprint density at radius 3 is 3.12 bits per heavy atom. The highest BCUT2D eigenvalue weighted by Gasteiger charge is 2.28. The number of piperidine rings is 1. The molecule has 1 fully saturated rings. The van der Waals surface area contributed by atoms with E-state index in [0.717, 1.165) is 29.4 Å². The van der Waals surface area contributed by atoms with Crippen LogP contribution in [0, 0.1) is 6.92 Å². The fraction of sp³-hybridized carbons (Fsp3) is 0.375. The molecular weight excluding hydrogens is 326 g/mol. The van der Waals surface area contributed by atoms with Gasteiger partial charge in [-0.15, -0.1) is 21.5 Å². The molecule has 3 aromatic heterocycles. The second-order valence-corrected chi connectivity index (χ2v) is 7.11. The Bertz CT molecular complexity index is 838. The zero-order chi connectivity index (χ0) is 16.5. The van der Waals surface area contributed by atoms with Gasteiger partial charge in [0, 0.05) is 25.1 Å².